The Bertz CT molecular complexity index is 419. The quantitative estimate of drug-likeness (QED) is 0.807. The van der Waals surface area contributed by atoms with Crippen LogP contribution in [0, 0.1) is 0 Å². The Kier molecular flexibility index (Phi) is 5.80. The second-order valence-corrected chi connectivity index (χ2v) is 8.06. The van der Waals surface area contributed by atoms with E-state index in [1.165, 1.54) is 32.4 Å². The molecule has 3 rings (SSSR count). The lowest BCUT2D eigenvalue weighted by Crippen LogP contribution is -2.67. The lowest BCUT2D eigenvalue weighted by Gasteiger charge is -2.46. The van der Waals surface area contributed by atoms with Crippen LogP contribution < -0.4 is 5.73 Å². The predicted octanol–water partition coefficient (Wildman–Crippen LogP) is 0.386. The summed E-state index contributed by atoms with van der Waals surface area (Å²) in [5.41, 5.74) is 5.64. The van der Waals surface area contributed by atoms with Crippen LogP contribution in [0.25, 0.3) is 0 Å². The molecule has 3 aliphatic heterocycles. The van der Waals surface area contributed by atoms with E-state index in [0.29, 0.717) is 6.04 Å². The SMILES string of the molecule is CN1CCC(N2CCN(C(=O)[C@](C)(N)N3CCCCC3)CC2)CC1. The molecular weight excluding hydrogens is 302 g/mol. The standard InChI is InChI=1S/C18H35N5O/c1-18(19,23-8-4-3-5-9-23)17(24)22-14-12-21(13-15-22)16-6-10-20(2)11-7-16/h16H,3-15,19H2,1-2H3/t18-/m1/s1. The maximum atomic E-state index is 13.0. The van der Waals surface area contributed by atoms with Crippen molar-refractivity contribution in [3.8, 4) is 0 Å². The summed E-state index contributed by atoms with van der Waals surface area (Å²) < 4.78 is 0. The lowest BCUT2D eigenvalue weighted by atomic mass is 10.0. The van der Waals surface area contributed by atoms with Gasteiger partial charge in [-0.15, -0.1) is 0 Å². The van der Waals surface area contributed by atoms with Crippen LogP contribution in [0.15, 0.2) is 0 Å². The Morgan fingerprint density at radius 3 is 2.08 bits per heavy atom. The molecule has 0 bridgehead atoms. The summed E-state index contributed by atoms with van der Waals surface area (Å²) in [6.07, 6.45) is 6.09. The first-order valence-corrected chi connectivity index (χ1v) is 9.74. The van der Waals surface area contributed by atoms with E-state index in [1.54, 1.807) is 0 Å². The minimum absolute atomic E-state index is 0.118. The van der Waals surface area contributed by atoms with E-state index in [1.807, 2.05) is 11.8 Å². The Hall–Kier alpha value is -0.690. The number of hydrogen-bond acceptors (Lipinski definition) is 5. The van der Waals surface area contributed by atoms with Crippen molar-refractivity contribution >= 4 is 5.91 Å². The molecule has 138 valence electrons. The maximum absolute atomic E-state index is 13.0. The number of hydrogen-bond donors (Lipinski definition) is 1. The Balaban J connectivity index is 1.51. The Morgan fingerprint density at radius 2 is 1.50 bits per heavy atom. The highest BCUT2D eigenvalue weighted by Crippen LogP contribution is 2.21. The summed E-state index contributed by atoms with van der Waals surface area (Å²) >= 11 is 0. The molecule has 6 nitrogen and oxygen atoms in total. The van der Waals surface area contributed by atoms with E-state index in [-0.39, 0.29) is 5.91 Å². The van der Waals surface area contributed by atoms with Gasteiger partial charge < -0.3 is 15.5 Å². The lowest BCUT2D eigenvalue weighted by molar-refractivity contribution is -0.146. The summed E-state index contributed by atoms with van der Waals surface area (Å²) in [6, 6.07) is 0.699. The fourth-order valence-electron chi connectivity index (χ4n) is 4.46. The van der Waals surface area contributed by atoms with Gasteiger partial charge in [0.05, 0.1) is 0 Å². The first-order chi connectivity index (χ1) is 11.5. The van der Waals surface area contributed by atoms with Crippen molar-refractivity contribution in [2.24, 2.45) is 5.73 Å². The molecule has 0 aromatic heterocycles. The molecule has 3 saturated heterocycles. The molecule has 3 aliphatic rings. The summed E-state index contributed by atoms with van der Waals surface area (Å²) in [4.78, 5) is 22.2. The van der Waals surface area contributed by atoms with E-state index in [9.17, 15) is 4.79 Å². The summed E-state index contributed by atoms with van der Waals surface area (Å²) in [6.45, 7) is 9.84. The van der Waals surface area contributed by atoms with Gasteiger partial charge in [-0.25, -0.2) is 0 Å². The Morgan fingerprint density at radius 1 is 0.917 bits per heavy atom. The molecule has 0 spiro atoms. The summed E-state index contributed by atoms with van der Waals surface area (Å²) in [7, 11) is 2.20. The molecule has 24 heavy (non-hydrogen) atoms. The van der Waals surface area contributed by atoms with E-state index in [0.717, 1.165) is 52.1 Å². The number of rotatable bonds is 3. The van der Waals surface area contributed by atoms with Crippen LogP contribution in [-0.2, 0) is 4.79 Å². The second-order valence-electron chi connectivity index (χ2n) is 8.06. The molecule has 3 fully saturated rings. The van der Waals surface area contributed by atoms with Crippen molar-refractivity contribution < 1.29 is 4.79 Å². The fourth-order valence-corrected chi connectivity index (χ4v) is 4.46. The third kappa shape index (κ3) is 3.93. The van der Waals surface area contributed by atoms with E-state index in [4.69, 9.17) is 5.73 Å². The smallest absolute Gasteiger partial charge is 0.257 e. The number of nitrogens with two attached hydrogens (primary N) is 1. The molecule has 1 atom stereocenters. The van der Waals surface area contributed by atoms with Gasteiger partial charge in [0.15, 0.2) is 0 Å². The van der Waals surface area contributed by atoms with Crippen molar-refractivity contribution in [3.63, 3.8) is 0 Å². The predicted molar refractivity (Wildman–Crippen MR) is 96.7 cm³/mol. The molecule has 0 aromatic rings. The number of piperazine rings is 1. The van der Waals surface area contributed by atoms with Crippen LogP contribution in [0.2, 0.25) is 0 Å². The third-order valence-corrected chi connectivity index (χ3v) is 6.25. The van der Waals surface area contributed by atoms with E-state index >= 15 is 0 Å². The van der Waals surface area contributed by atoms with Crippen molar-refractivity contribution in [2.45, 2.75) is 50.7 Å². The average Bonchev–Trinajstić information content (AvgIpc) is 2.62. The zero-order chi connectivity index (χ0) is 17.2. The maximum Gasteiger partial charge on any atom is 0.257 e. The largest absolute Gasteiger partial charge is 0.337 e. The van der Waals surface area contributed by atoms with Crippen molar-refractivity contribution in [3.05, 3.63) is 0 Å². The second kappa shape index (κ2) is 7.68. The molecule has 0 aliphatic carbocycles. The number of nitrogens with zero attached hydrogens (tertiary/aromatic N) is 4. The highest BCUT2D eigenvalue weighted by Gasteiger charge is 2.40. The van der Waals surface area contributed by atoms with Crippen LogP contribution in [0.5, 0.6) is 0 Å². The molecule has 2 N–H and O–H groups in total. The summed E-state index contributed by atoms with van der Waals surface area (Å²) in [5.74, 6) is 0.118. The summed E-state index contributed by atoms with van der Waals surface area (Å²) in [5, 5.41) is 0. The third-order valence-electron chi connectivity index (χ3n) is 6.25. The van der Waals surface area contributed by atoms with Crippen molar-refractivity contribution in [1.82, 2.24) is 19.6 Å². The molecule has 3 heterocycles. The number of amides is 1. The average molecular weight is 338 g/mol. The van der Waals surface area contributed by atoms with E-state index < -0.39 is 5.66 Å². The van der Waals surface area contributed by atoms with Gasteiger partial charge in [0.1, 0.15) is 5.66 Å². The highest BCUT2D eigenvalue weighted by atomic mass is 16.2. The van der Waals surface area contributed by atoms with Gasteiger partial charge in [0.25, 0.3) is 5.91 Å². The van der Waals surface area contributed by atoms with Crippen LogP contribution in [0.3, 0.4) is 0 Å². The van der Waals surface area contributed by atoms with Gasteiger partial charge in [-0.05, 0) is 52.7 Å². The molecular formula is C18H35N5O. The Labute approximate surface area is 146 Å². The molecule has 0 saturated carbocycles. The first kappa shape index (κ1) is 18.1. The normalized spacial score (nSPS) is 28.7. The van der Waals surface area contributed by atoms with Crippen molar-refractivity contribution in [2.75, 3.05) is 59.4 Å². The molecule has 1 amide bonds. The van der Waals surface area contributed by atoms with Crippen molar-refractivity contribution in [1.29, 1.82) is 0 Å². The zero-order valence-electron chi connectivity index (χ0n) is 15.5. The molecule has 6 heteroatoms. The topological polar surface area (TPSA) is 56.1 Å². The number of piperidine rings is 2. The number of carbonyl (C=O) groups is 1. The first-order valence-electron chi connectivity index (χ1n) is 9.74. The highest BCUT2D eigenvalue weighted by molar-refractivity contribution is 5.85. The van der Waals surface area contributed by atoms with Crippen LogP contribution in [0.4, 0.5) is 0 Å². The van der Waals surface area contributed by atoms with Gasteiger partial charge in [-0.3, -0.25) is 14.6 Å². The molecule has 0 aromatic carbocycles. The monoisotopic (exact) mass is 337 g/mol. The fraction of sp³-hybridized carbons (Fsp3) is 0.944. The van der Waals surface area contributed by atoms with Gasteiger partial charge in [-0.2, -0.15) is 0 Å². The van der Waals surface area contributed by atoms with Gasteiger partial charge in [0, 0.05) is 45.3 Å². The van der Waals surface area contributed by atoms with Gasteiger partial charge in [0.2, 0.25) is 0 Å². The van der Waals surface area contributed by atoms with Gasteiger partial charge >= 0.3 is 0 Å². The molecule has 0 unspecified atom stereocenters. The minimum Gasteiger partial charge on any atom is -0.337 e. The molecule has 0 radical (unpaired) electrons. The van der Waals surface area contributed by atoms with Crippen LogP contribution in [0.1, 0.15) is 39.0 Å². The number of likely N-dealkylation sites (tertiary alicyclic amines) is 2. The van der Waals surface area contributed by atoms with Gasteiger partial charge in [-0.1, -0.05) is 6.42 Å². The number of carbonyl (C=O) groups excluding carboxylic acids is 1. The van der Waals surface area contributed by atoms with Crippen LogP contribution >= 0.6 is 0 Å². The zero-order valence-corrected chi connectivity index (χ0v) is 15.5. The van der Waals surface area contributed by atoms with E-state index in [2.05, 4.69) is 21.7 Å². The minimum atomic E-state index is -0.837. The van der Waals surface area contributed by atoms with Crippen LogP contribution in [-0.4, -0.2) is 96.6 Å².